The highest BCUT2D eigenvalue weighted by Crippen LogP contribution is 2.30. The minimum Gasteiger partial charge on any atom is -0.398 e. The lowest BCUT2D eigenvalue weighted by Crippen LogP contribution is -2.37. The summed E-state index contributed by atoms with van der Waals surface area (Å²) in [5.74, 6) is 0. The predicted octanol–water partition coefficient (Wildman–Crippen LogP) is 3.30. The Morgan fingerprint density at radius 1 is 1.44 bits per heavy atom. The molecule has 3 heteroatoms. The van der Waals surface area contributed by atoms with Gasteiger partial charge in [0, 0.05) is 12.1 Å². The van der Waals surface area contributed by atoms with E-state index in [0.29, 0.717) is 16.2 Å². The van der Waals surface area contributed by atoms with Gasteiger partial charge in [0.1, 0.15) is 0 Å². The normalized spacial score (nSPS) is 20.2. The van der Waals surface area contributed by atoms with Gasteiger partial charge >= 0.3 is 0 Å². The molecule has 1 aromatic carbocycles. The van der Waals surface area contributed by atoms with E-state index < -0.39 is 0 Å². The van der Waals surface area contributed by atoms with Crippen molar-refractivity contribution in [1.82, 2.24) is 4.90 Å². The van der Waals surface area contributed by atoms with Crippen LogP contribution in [0.3, 0.4) is 0 Å². The second-order valence-electron chi connectivity index (χ2n) is 5.19. The van der Waals surface area contributed by atoms with E-state index in [-0.39, 0.29) is 0 Å². The largest absolute Gasteiger partial charge is 0.398 e. The summed E-state index contributed by atoms with van der Waals surface area (Å²) in [6, 6.07) is 5.93. The van der Waals surface area contributed by atoms with Gasteiger partial charge in [-0.15, -0.1) is 0 Å². The Kier molecular flexibility index (Phi) is 3.13. The van der Waals surface area contributed by atoms with Crippen LogP contribution < -0.4 is 5.73 Å². The standard InChI is InChI=1S/C13H19ClN2/c1-13(2)6-3-7-16(13)9-10-4-5-12(15)11(14)8-10/h4-5,8H,3,6-7,9,15H2,1-2H3. The summed E-state index contributed by atoms with van der Waals surface area (Å²) in [7, 11) is 0. The molecule has 1 aliphatic heterocycles. The Balaban J connectivity index is 2.12. The number of anilines is 1. The van der Waals surface area contributed by atoms with Crippen LogP contribution in [-0.2, 0) is 6.54 Å². The third kappa shape index (κ3) is 2.33. The number of rotatable bonds is 2. The van der Waals surface area contributed by atoms with Gasteiger partial charge in [-0.3, -0.25) is 4.90 Å². The molecule has 1 aromatic rings. The maximum absolute atomic E-state index is 6.03. The average Bonchev–Trinajstić information content (AvgIpc) is 2.52. The van der Waals surface area contributed by atoms with E-state index in [0.717, 1.165) is 6.54 Å². The predicted molar refractivity (Wildman–Crippen MR) is 69.6 cm³/mol. The lowest BCUT2D eigenvalue weighted by Gasteiger charge is -2.31. The molecule has 16 heavy (non-hydrogen) atoms. The third-order valence-corrected chi connectivity index (χ3v) is 3.84. The zero-order chi connectivity index (χ0) is 11.8. The van der Waals surface area contributed by atoms with Gasteiger partial charge in [-0.25, -0.2) is 0 Å². The van der Waals surface area contributed by atoms with Crippen molar-refractivity contribution in [3.63, 3.8) is 0 Å². The number of nitrogens with two attached hydrogens (primary N) is 1. The van der Waals surface area contributed by atoms with Crippen molar-refractivity contribution < 1.29 is 0 Å². The van der Waals surface area contributed by atoms with E-state index >= 15 is 0 Å². The molecule has 0 aliphatic carbocycles. The maximum Gasteiger partial charge on any atom is 0.0638 e. The highest BCUT2D eigenvalue weighted by Gasteiger charge is 2.31. The molecule has 1 heterocycles. The van der Waals surface area contributed by atoms with Gasteiger partial charge in [0.15, 0.2) is 0 Å². The van der Waals surface area contributed by atoms with Gasteiger partial charge < -0.3 is 5.73 Å². The van der Waals surface area contributed by atoms with Crippen LogP contribution in [0.2, 0.25) is 5.02 Å². The molecule has 0 amide bonds. The number of nitrogens with zero attached hydrogens (tertiary/aromatic N) is 1. The summed E-state index contributed by atoms with van der Waals surface area (Å²) in [5.41, 5.74) is 7.92. The molecule has 2 nitrogen and oxygen atoms in total. The molecule has 2 rings (SSSR count). The highest BCUT2D eigenvalue weighted by molar-refractivity contribution is 6.33. The molecule has 0 radical (unpaired) electrons. The first-order valence-corrected chi connectivity index (χ1v) is 6.16. The Bertz CT molecular complexity index is 388. The fraction of sp³-hybridized carbons (Fsp3) is 0.538. The zero-order valence-electron chi connectivity index (χ0n) is 9.96. The molecular formula is C13H19ClN2. The highest BCUT2D eigenvalue weighted by atomic mass is 35.5. The summed E-state index contributed by atoms with van der Waals surface area (Å²) in [6.45, 7) is 6.75. The van der Waals surface area contributed by atoms with Crippen LogP contribution >= 0.6 is 11.6 Å². The summed E-state index contributed by atoms with van der Waals surface area (Å²) in [4.78, 5) is 2.51. The Morgan fingerprint density at radius 2 is 2.19 bits per heavy atom. The van der Waals surface area contributed by atoms with Gasteiger partial charge in [0.2, 0.25) is 0 Å². The molecule has 0 spiro atoms. The zero-order valence-corrected chi connectivity index (χ0v) is 10.7. The van der Waals surface area contributed by atoms with Gasteiger partial charge in [0.05, 0.1) is 10.7 Å². The molecule has 0 aromatic heterocycles. The number of likely N-dealkylation sites (tertiary alicyclic amines) is 1. The average molecular weight is 239 g/mol. The summed E-state index contributed by atoms with van der Waals surface area (Å²) >= 11 is 6.03. The second-order valence-corrected chi connectivity index (χ2v) is 5.60. The van der Waals surface area contributed by atoms with E-state index in [4.69, 9.17) is 17.3 Å². The van der Waals surface area contributed by atoms with E-state index in [1.165, 1.54) is 24.9 Å². The van der Waals surface area contributed by atoms with Crippen molar-refractivity contribution in [2.75, 3.05) is 12.3 Å². The van der Waals surface area contributed by atoms with Crippen molar-refractivity contribution in [3.8, 4) is 0 Å². The lowest BCUT2D eigenvalue weighted by atomic mass is 10.0. The first-order valence-electron chi connectivity index (χ1n) is 5.78. The maximum atomic E-state index is 6.03. The molecular weight excluding hydrogens is 220 g/mol. The van der Waals surface area contributed by atoms with Crippen molar-refractivity contribution in [2.24, 2.45) is 0 Å². The first kappa shape index (κ1) is 11.7. The van der Waals surface area contributed by atoms with Crippen molar-refractivity contribution in [2.45, 2.75) is 38.8 Å². The van der Waals surface area contributed by atoms with E-state index in [9.17, 15) is 0 Å². The molecule has 88 valence electrons. The molecule has 0 atom stereocenters. The molecule has 1 aliphatic rings. The SMILES string of the molecule is CC1(C)CCCN1Cc1ccc(N)c(Cl)c1. The second kappa shape index (κ2) is 4.27. The van der Waals surface area contributed by atoms with Crippen LogP contribution in [0.4, 0.5) is 5.69 Å². The van der Waals surface area contributed by atoms with Crippen LogP contribution in [0.5, 0.6) is 0 Å². The van der Waals surface area contributed by atoms with Crippen LogP contribution in [0.25, 0.3) is 0 Å². The summed E-state index contributed by atoms with van der Waals surface area (Å²) < 4.78 is 0. The van der Waals surface area contributed by atoms with Crippen LogP contribution in [-0.4, -0.2) is 17.0 Å². The number of hydrogen-bond donors (Lipinski definition) is 1. The molecule has 0 saturated carbocycles. The number of hydrogen-bond acceptors (Lipinski definition) is 2. The minimum atomic E-state index is 0.313. The quantitative estimate of drug-likeness (QED) is 0.802. The molecule has 2 N–H and O–H groups in total. The van der Waals surface area contributed by atoms with Crippen LogP contribution in [0.15, 0.2) is 18.2 Å². The number of halogens is 1. The first-order chi connectivity index (χ1) is 7.49. The summed E-state index contributed by atoms with van der Waals surface area (Å²) in [5, 5.41) is 0.662. The molecule has 0 bridgehead atoms. The lowest BCUT2D eigenvalue weighted by molar-refractivity contribution is 0.166. The third-order valence-electron chi connectivity index (χ3n) is 3.51. The van der Waals surface area contributed by atoms with Crippen molar-refractivity contribution >= 4 is 17.3 Å². The fourth-order valence-electron chi connectivity index (χ4n) is 2.35. The van der Waals surface area contributed by atoms with Crippen LogP contribution in [0, 0.1) is 0 Å². The monoisotopic (exact) mass is 238 g/mol. The van der Waals surface area contributed by atoms with Gasteiger partial charge in [-0.05, 0) is 50.9 Å². The Hall–Kier alpha value is -0.730. The van der Waals surface area contributed by atoms with E-state index in [2.05, 4.69) is 24.8 Å². The molecule has 1 saturated heterocycles. The minimum absolute atomic E-state index is 0.313. The summed E-state index contributed by atoms with van der Waals surface area (Å²) in [6.07, 6.45) is 2.56. The van der Waals surface area contributed by atoms with Gasteiger partial charge in [-0.2, -0.15) is 0 Å². The Labute approximate surface area is 102 Å². The van der Waals surface area contributed by atoms with Gasteiger partial charge in [0.25, 0.3) is 0 Å². The van der Waals surface area contributed by atoms with Gasteiger partial charge in [-0.1, -0.05) is 17.7 Å². The van der Waals surface area contributed by atoms with Crippen LogP contribution in [0.1, 0.15) is 32.3 Å². The topological polar surface area (TPSA) is 29.3 Å². The number of benzene rings is 1. The Morgan fingerprint density at radius 3 is 2.75 bits per heavy atom. The molecule has 1 fully saturated rings. The fourth-order valence-corrected chi connectivity index (χ4v) is 2.55. The number of nitrogen functional groups attached to an aromatic ring is 1. The van der Waals surface area contributed by atoms with E-state index in [1.807, 2.05) is 12.1 Å². The van der Waals surface area contributed by atoms with Crippen molar-refractivity contribution in [3.05, 3.63) is 28.8 Å². The smallest absolute Gasteiger partial charge is 0.0638 e. The van der Waals surface area contributed by atoms with Crippen molar-refractivity contribution in [1.29, 1.82) is 0 Å². The van der Waals surface area contributed by atoms with E-state index in [1.54, 1.807) is 0 Å². The molecule has 0 unspecified atom stereocenters.